The molecule has 35 heteroatoms. The predicted molar refractivity (Wildman–Crippen MR) is 406 cm³/mol. The number of aliphatic imine (C=N–C) groups is 2. The molecule has 10 heterocycles. The number of aromatic nitrogens is 10. The van der Waals surface area contributed by atoms with Crippen molar-refractivity contribution in [3.8, 4) is 11.4 Å². The zero-order valence-corrected chi connectivity index (χ0v) is 69.6. The fourth-order valence-electron chi connectivity index (χ4n) is 7.95. The summed E-state index contributed by atoms with van der Waals surface area (Å²) in [6.45, 7) is 34.1. The number of anilines is 1. The molecule has 590 valence electrons. The first-order valence-electron chi connectivity index (χ1n) is 33.7. The summed E-state index contributed by atoms with van der Waals surface area (Å²) >= 11 is -5.43. The molecule has 6 N–H and O–H groups in total. The summed E-state index contributed by atoms with van der Waals surface area (Å²) in [6.07, 6.45) is 22.7. The van der Waals surface area contributed by atoms with Crippen LogP contribution in [-0.4, -0.2) is 150 Å². The molecule has 0 aromatic carbocycles. The van der Waals surface area contributed by atoms with Crippen molar-refractivity contribution >= 4 is 87.3 Å². The summed E-state index contributed by atoms with van der Waals surface area (Å²) in [5, 5.41) is 4.28. The molecule has 1 aliphatic rings. The van der Waals surface area contributed by atoms with Crippen molar-refractivity contribution < 1.29 is 90.0 Å². The van der Waals surface area contributed by atoms with Gasteiger partial charge in [-0.05, 0) is 147 Å². The van der Waals surface area contributed by atoms with Gasteiger partial charge in [0.05, 0.1) is 53.8 Å². The Morgan fingerprint density at radius 3 is 1.25 bits per heavy atom. The Kier molecular flexibility index (Phi) is 41.7. The minimum Gasteiger partial charge on any atom is -0.384 e. The third-order valence-corrected chi connectivity index (χ3v) is 23.3. The number of nitrogens with two attached hydrogens (primary N) is 3. The number of unbranched alkanes of at least 4 members (excludes halogenated alkanes) is 1. The van der Waals surface area contributed by atoms with Crippen LogP contribution in [0.2, 0.25) is 0 Å². The molecule has 0 unspecified atom stereocenters. The van der Waals surface area contributed by atoms with Gasteiger partial charge in [0.25, 0.3) is 0 Å². The standard InChI is InChI=1S/C15H15FN4O.2C15H17FN4O.C10H12N2O.C5H5FN2.C4H8O.C4H9.4C2H4O2.Li.Pb/c1-15(2,21-3)11-6-10(7-17-8-11)14-18-13-5-4-12(16)9-20(13)19-14;2*1-15(2,21-3)11-6-10(7-18-8-11)14(17)20-13-5-4-12(16)9-19-13;1-10(2,13-4)8-5-9(11-3)7-12-6-8;6-4-1-2-5(7)8-3-4;1-2-4-5-3-1;1-3-4-2;4*1-2(3)4;;/h4-9H,1-3H3;2*4-9H,1-3H3,(H2,17,19,20);5-7H,1-2,4H3;1-3H,(H2,7,8);1-4H2;1,3-4H2,2H3;4*1H3,(H,3,4);;/q;;;;;;-1;;;;;+1;+4/p-4. The molecular formula is C76H95F4LiN16O13Pb. The molecule has 29 nitrogen and oxygen atoms in total. The van der Waals surface area contributed by atoms with Gasteiger partial charge in [-0.2, -0.15) is 6.42 Å². The molecule has 1 aliphatic heterocycles. The van der Waals surface area contributed by atoms with Crippen molar-refractivity contribution in [2.75, 3.05) is 47.4 Å². The van der Waals surface area contributed by atoms with Crippen LogP contribution in [-0.2, 0) is 76.0 Å². The van der Waals surface area contributed by atoms with Crippen molar-refractivity contribution in [1.82, 2.24) is 49.5 Å². The number of ether oxygens (including phenoxy) is 5. The van der Waals surface area contributed by atoms with Crippen molar-refractivity contribution in [2.24, 2.45) is 21.5 Å². The topological polar surface area (TPSA) is 379 Å². The number of hydrogen-bond donors (Lipinski definition) is 3. The van der Waals surface area contributed by atoms with Crippen LogP contribution >= 0.6 is 0 Å². The van der Waals surface area contributed by atoms with Gasteiger partial charge in [-0.15, -0.1) is 5.10 Å². The second-order valence-corrected chi connectivity index (χ2v) is 32.0. The molecule has 10 rings (SSSR count). The molecule has 111 heavy (non-hydrogen) atoms. The summed E-state index contributed by atoms with van der Waals surface area (Å²) in [6, 6.07) is 18.5. The molecule has 0 amide bonds. The van der Waals surface area contributed by atoms with Crippen LogP contribution in [0.25, 0.3) is 21.9 Å². The van der Waals surface area contributed by atoms with Crippen molar-refractivity contribution in [3.05, 3.63) is 222 Å². The van der Waals surface area contributed by atoms with Crippen LogP contribution in [0, 0.1) is 36.8 Å². The quantitative estimate of drug-likeness (QED) is 0.0236. The molecule has 1 saturated heterocycles. The molecule has 1 fully saturated rings. The van der Waals surface area contributed by atoms with Gasteiger partial charge < -0.3 is 47.8 Å². The van der Waals surface area contributed by atoms with Gasteiger partial charge in [-0.3, -0.25) is 19.9 Å². The van der Waals surface area contributed by atoms with Crippen molar-refractivity contribution in [3.63, 3.8) is 0 Å². The molecule has 0 bridgehead atoms. The first-order chi connectivity index (χ1) is 51.8. The van der Waals surface area contributed by atoms with E-state index in [-0.39, 0.29) is 47.8 Å². The van der Waals surface area contributed by atoms with Crippen LogP contribution < -0.4 is 36.1 Å². The van der Waals surface area contributed by atoms with Crippen LogP contribution in [0.4, 0.5) is 40.7 Å². The van der Waals surface area contributed by atoms with Crippen LogP contribution in [0.5, 0.6) is 0 Å². The fraction of sp³-hybridized carbons (Fsp3) is 0.355. The Hall–Kier alpha value is -10.2. The summed E-state index contributed by atoms with van der Waals surface area (Å²) < 4.78 is 97.2. The number of fused-ring (bicyclic) bond motifs is 1. The van der Waals surface area contributed by atoms with Gasteiger partial charge in [-0.25, -0.2) is 56.8 Å². The second kappa shape index (κ2) is 47.8. The maximum atomic E-state index is 13.2. The predicted octanol–water partition coefficient (Wildman–Crippen LogP) is 10.3. The maximum Gasteiger partial charge on any atom is 1.00 e. The molecule has 0 atom stereocenters. The molecule has 0 radical (unpaired) electrons. The molecule has 0 spiro atoms. The summed E-state index contributed by atoms with van der Waals surface area (Å²) in [4.78, 5) is 87.1. The minimum atomic E-state index is -5.43. The normalized spacial score (nSPS) is 11.8. The average Bonchev–Trinajstić information content (AvgIpc) is 1.68. The van der Waals surface area contributed by atoms with Crippen molar-refractivity contribution in [2.45, 2.75) is 138 Å². The zero-order valence-electron chi connectivity index (χ0n) is 65.7. The smallest absolute Gasteiger partial charge is 0.384 e. The molecule has 0 aliphatic carbocycles. The first kappa shape index (κ1) is 96.9. The summed E-state index contributed by atoms with van der Waals surface area (Å²) in [5.74, 6) is -3.03. The Morgan fingerprint density at radius 2 is 0.919 bits per heavy atom. The van der Waals surface area contributed by atoms with Crippen molar-refractivity contribution in [1.29, 1.82) is 0 Å². The number of amidine groups is 2. The molecule has 9 aromatic rings. The van der Waals surface area contributed by atoms with E-state index in [0.717, 1.165) is 93.7 Å². The number of carbonyl (C=O) groups is 4. The Morgan fingerprint density at radius 1 is 0.550 bits per heavy atom. The Bertz CT molecular complexity index is 4280. The van der Waals surface area contributed by atoms with Crippen LogP contribution in [0.3, 0.4) is 0 Å². The van der Waals surface area contributed by atoms with E-state index in [9.17, 15) is 36.7 Å². The Balaban J connectivity index is 0.000000448. The SMILES string of the molecule is C1CCOC1.CC(=O)[O][Pb]([O]C(C)=O)([O]C(C)=O)[O]C(C)=O.COC(C)(C)c1cncc(-c2nc3ccc(F)cn3n2)c1.COC(C)(C)c1cncc(C(N)=Nc2ccc(F)cn2)c1.COC(C)(C)c1cncc(C(N)=Nc2ccc(F)cn2)c1.Nc1ccc(F)cn1.[C-]#[N+]c1cncc(C(C)(C)OC)c1.[CH2-]CCC.[Li+]. The number of halogens is 4. The first-order valence-corrected chi connectivity index (χ1v) is 40.0. The third-order valence-electron chi connectivity index (χ3n) is 14.9. The van der Waals surface area contributed by atoms with E-state index < -0.39 is 75.3 Å². The molecular weight excluding hydrogens is 1640 g/mol. The summed E-state index contributed by atoms with van der Waals surface area (Å²) in [5.41, 5.74) is 22.1. The fourth-order valence-corrected chi connectivity index (χ4v) is 14.4. The number of nitrogens with zero attached hydrogens (tertiary/aromatic N) is 13. The van der Waals surface area contributed by atoms with Gasteiger partial charge in [-0.1, -0.05) is 13.3 Å². The largest absolute Gasteiger partial charge is 1.00 e. The number of rotatable bonds is 18. The third kappa shape index (κ3) is 35.2. The van der Waals surface area contributed by atoms with E-state index in [2.05, 4.69) is 84.4 Å². The number of methoxy groups -OCH3 is 4. The molecule has 9 aromatic heterocycles. The number of hydrogen-bond acceptors (Lipinski definition) is 25. The summed E-state index contributed by atoms with van der Waals surface area (Å²) in [7, 11) is 6.56. The van der Waals surface area contributed by atoms with E-state index >= 15 is 0 Å². The average molecular weight is 1730 g/mol. The van der Waals surface area contributed by atoms with Gasteiger partial charge in [0.1, 0.15) is 40.8 Å². The number of carbonyl (C=O) groups excluding carboxylic acids is 4. The van der Waals surface area contributed by atoms with E-state index in [0.29, 0.717) is 45.7 Å². The van der Waals surface area contributed by atoms with Gasteiger partial charge in [0, 0.05) is 125 Å². The maximum absolute atomic E-state index is 13.2. The Labute approximate surface area is 663 Å². The van der Waals surface area contributed by atoms with E-state index in [4.69, 9.17) is 47.5 Å². The van der Waals surface area contributed by atoms with E-state index in [1.807, 2.05) is 73.6 Å². The van der Waals surface area contributed by atoms with Gasteiger partial charge in [0.2, 0.25) is 5.69 Å². The van der Waals surface area contributed by atoms with E-state index in [1.165, 1.54) is 72.4 Å². The van der Waals surface area contributed by atoms with Gasteiger partial charge >= 0.3 is 123 Å². The monoisotopic (exact) mass is 1730 g/mol. The van der Waals surface area contributed by atoms with E-state index in [1.54, 1.807) is 90.1 Å². The number of pyridine rings is 8. The zero-order chi connectivity index (χ0) is 82.4. The minimum absolute atomic E-state index is 0. The van der Waals surface area contributed by atoms with Crippen LogP contribution in [0.1, 0.15) is 149 Å². The second-order valence-electron chi connectivity index (χ2n) is 25.0. The molecule has 0 saturated carbocycles. The van der Waals surface area contributed by atoms with Crippen LogP contribution in [0.15, 0.2) is 157 Å². The van der Waals surface area contributed by atoms with Gasteiger partial charge in [0.15, 0.2) is 23.1 Å². The number of nitrogen functional groups attached to an aromatic ring is 1.